The zero-order valence-electron chi connectivity index (χ0n) is 15.1. The number of hydrogen-bond donors (Lipinski definition) is 2. The van der Waals surface area contributed by atoms with Crippen molar-refractivity contribution in [3.63, 3.8) is 0 Å². The molecule has 2 N–H and O–H groups in total. The number of fused-ring (bicyclic) bond motifs is 1. The Morgan fingerprint density at radius 2 is 1.84 bits per heavy atom. The summed E-state index contributed by atoms with van der Waals surface area (Å²) in [6.45, 7) is 0.758. The first-order valence-corrected chi connectivity index (χ1v) is 8.56. The molecule has 0 heterocycles. The molecule has 138 valence electrons. The Kier molecular flexibility index (Phi) is 6.33. The van der Waals surface area contributed by atoms with Gasteiger partial charge in [0.1, 0.15) is 5.75 Å². The van der Waals surface area contributed by atoms with E-state index in [-0.39, 0.29) is 24.4 Å². The summed E-state index contributed by atoms with van der Waals surface area (Å²) in [5.74, 6) is 0.854. The molecule has 2 aromatic rings. The standard InChI is InChI=1S/C20H27NO3.ClH/c1-21(2)13-17-12-18(22)8-9-20(17,23)16-6-4-15-11-19(24-3)7-5-14(15)10-16;/h4-7,10-11,17-18,22-23H,8-9,12-13H2,1-3H3;1H. The topological polar surface area (TPSA) is 52.9 Å². The molecule has 1 aliphatic carbocycles. The van der Waals surface area contributed by atoms with Crippen molar-refractivity contribution in [3.8, 4) is 5.75 Å². The molecule has 3 atom stereocenters. The number of methoxy groups -OCH3 is 1. The molecule has 1 fully saturated rings. The van der Waals surface area contributed by atoms with Gasteiger partial charge in [-0.15, -0.1) is 12.4 Å². The largest absolute Gasteiger partial charge is 0.497 e. The average molecular weight is 366 g/mol. The van der Waals surface area contributed by atoms with E-state index >= 15 is 0 Å². The van der Waals surface area contributed by atoms with Crippen molar-refractivity contribution < 1.29 is 14.9 Å². The molecule has 0 saturated heterocycles. The van der Waals surface area contributed by atoms with Crippen LogP contribution >= 0.6 is 12.4 Å². The molecule has 2 aromatic carbocycles. The molecule has 0 bridgehead atoms. The minimum absolute atomic E-state index is 0. The van der Waals surface area contributed by atoms with Gasteiger partial charge in [-0.3, -0.25) is 0 Å². The quantitative estimate of drug-likeness (QED) is 0.873. The van der Waals surface area contributed by atoms with Crippen LogP contribution in [0.15, 0.2) is 36.4 Å². The highest BCUT2D eigenvalue weighted by Crippen LogP contribution is 2.43. The molecule has 0 spiro atoms. The number of benzene rings is 2. The fourth-order valence-electron chi connectivity index (χ4n) is 3.90. The molecule has 1 aliphatic rings. The molecular weight excluding hydrogens is 338 g/mol. The first-order valence-electron chi connectivity index (χ1n) is 8.56. The van der Waals surface area contributed by atoms with Gasteiger partial charge in [0.05, 0.1) is 18.8 Å². The molecule has 0 aliphatic heterocycles. The van der Waals surface area contributed by atoms with Crippen molar-refractivity contribution in [2.24, 2.45) is 5.92 Å². The summed E-state index contributed by atoms with van der Waals surface area (Å²) in [6.07, 6.45) is 1.55. The summed E-state index contributed by atoms with van der Waals surface area (Å²) in [5, 5.41) is 23.7. The number of aliphatic hydroxyl groups excluding tert-OH is 1. The van der Waals surface area contributed by atoms with E-state index in [9.17, 15) is 10.2 Å². The molecule has 25 heavy (non-hydrogen) atoms. The van der Waals surface area contributed by atoms with Crippen LogP contribution in [0, 0.1) is 5.92 Å². The Balaban J connectivity index is 0.00000225. The lowest BCUT2D eigenvalue weighted by Gasteiger charge is -2.43. The van der Waals surface area contributed by atoms with Gasteiger partial charge in [-0.1, -0.05) is 18.2 Å². The molecule has 3 rings (SSSR count). The molecule has 0 aromatic heterocycles. The molecule has 5 heteroatoms. The van der Waals surface area contributed by atoms with Gasteiger partial charge in [-0.2, -0.15) is 0 Å². The maximum atomic E-state index is 11.5. The van der Waals surface area contributed by atoms with Crippen molar-refractivity contribution in [1.29, 1.82) is 0 Å². The highest BCUT2D eigenvalue weighted by atomic mass is 35.5. The van der Waals surface area contributed by atoms with E-state index in [2.05, 4.69) is 11.0 Å². The lowest BCUT2D eigenvalue weighted by molar-refractivity contribution is -0.0920. The lowest BCUT2D eigenvalue weighted by Crippen LogP contribution is -2.46. The summed E-state index contributed by atoms with van der Waals surface area (Å²) in [5.41, 5.74) is 0.0522. The number of ether oxygens (including phenoxy) is 1. The van der Waals surface area contributed by atoms with Crippen LogP contribution in [0.3, 0.4) is 0 Å². The monoisotopic (exact) mass is 365 g/mol. The summed E-state index contributed by atoms with van der Waals surface area (Å²) < 4.78 is 5.28. The molecule has 1 saturated carbocycles. The van der Waals surface area contributed by atoms with Crippen LogP contribution in [0.1, 0.15) is 24.8 Å². The van der Waals surface area contributed by atoms with E-state index in [1.54, 1.807) is 7.11 Å². The third-order valence-electron chi connectivity index (χ3n) is 5.22. The Bertz CT molecular complexity index is 719. The van der Waals surface area contributed by atoms with E-state index in [4.69, 9.17) is 4.74 Å². The Labute approximate surface area is 155 Å². The van der Waals surface area contributed by atoms with Crippen molar-refractivity contribution >= 4 is 23.2 Å². The van der Waals surface area contributed by atoms with Gasteiger partial charge in [0.15, 0.2) is 0 Å². The fourth-order valence-corrected chi connectivity index (χ4v) is 3.90. The van der Waals surface area contributed by atoms with Gasteiger partial charge < -0.3 is 19.8 Å². The number of rotatable bonds is 4. The summed E-state index contributed by atoms with van der Waals surface area (Å²) in [6, 6.07) is 12.1. The first-order chi connectivity index (χ1) is 11.4. The van der Waals surface area contributed by atoms with Crippen molar-refractivity contribution in [2.45, 2.75) is 31.0 Å². The SMILES string of the molecule is COc1ccc2cc(C3(O)CCC(O)CC3CN(C)C)ccc2c1.Cl. The molecule has 3 unspecified atom stereocenters. The first kappa shape index (κ1) is 20.0. The molecule has 4 nitrogen and oxygen atoms in total. The third kappa shape index (κ3) is 4.09. The zero-order valence-corrected chi connectivity index (χ0v) is 15.9. The van der Waals surface area contributed by atoms with Gasteiger partial charge in [0, 0.05) is 12.5 Å². The number of halogens is 1. The van der Waals surface area contributed by atoms with Gasteiger partial charge in [0.25, 0.3) is 0 Å². The van der Waals surface area contributed by atoms with Crippen molar-refractivity contribution in [2.75, 3.05) is 27.7 Å². The second kappa shape index (κ2) is 7.92. The predicted octanol–water partition coefficient (Wildman–Crippen LogP) is 3.18. The normalized spacial score (nSPS) is 26.5. The number of hydrogen-bond acceptors (Lipinski definition) is 4. The third-order valence-corrected chi connectivity index (χ3v) is 5.22. The van der Waals surface area contributed by atoms with E-state index < -0.39 is 5.60 Å². The van der Waals surface area contributed by atoms with Gasteiger partial charge >= 0.3 is 0 Å². The second-order valence-electron chi connectivity index (χ2n) is 7.24. The van der Waals surface area contributed by atoms with E-state index in [0.29, 0.717) is 19.3 Å². The number of nitrogens with zero attached hydrogens (tertiary/aromatic N) is 1. The minimum atomic E-state index is -0.891. The van der Waals surface area contributed by atoms with Crippen LogP contribution in [0.4, 0.5) is 0 Å². The van der Waals surface area contributed by atoms with E-state index in [1.165, 1.54) is 0 Å². The van der Waals surface area contributed by atoms with Crippen LogP contribution in [-0.2, 0) is 5.60 Å². The summed E-state index contributed by atoms with van der Waals surface area (Å²) in [4.78, 5) is 2.08. The predicted molar refractivity (Wildman–Crippen MR) is 104 cm³/mol. The van der Waals surface area contributed by atoms with Gasteiger partial charge in [-0.25, -0.2) is 0 Å². The number of aliphatic hydroxyl groups is 2. The Morgan fingerprint density at radius 3 is 2.52 bits per heavy atom. The molecule has 0 amide bonds. The maximum absolute atomic E-state index is 11.5. The zero-order chi connectivity index (χ0) is 17.3. The van der Waals surface area contributed by atoms with Crippen LogP contribution in [-0.4, -0.2) is 49.0 Å². The van der Waals surface area contributed by atoms with Crippen molar-refractivity contribution in [3.05, 3.63) is 42.0 Å². The van der Waals surface area contributed by atoms with Crippen molar-refractivity contribution in [1.82, 2.24) is 4.90 Å². The van der Waals surface area contributed by atoms with Crippen LogP contribution < -0.4 is 4.74 Å². The maximum Gasteiger partial charge on any atom is 0.119 e. The summed E-state index contributed by atoms with van der Waals surface area (Å²) in [7, 11) is 5.68. The fraction of sp³-hybridized carbons (Fsp3) is 0.500. The second-order valence-corrected chi connectivity index (χ2v) is 7.24. The van der Waals surface area contributed by atoms with Crippen LogP contribution in [0.5, 0.6) is 5.75 Å². The molecule has 0 radical (unpaired) electrons. The van der Waals surface area contributed by atoms with Crippen LogP contribution in [0.25, 0.3) is 10.8 Å². The van der Waals surface area contributed by atoms with E-state index in [0.717, 1.165) is 28.6 Å². The average Bonchev–Trinajstić information content (AvgIpc) is 2.57. The smallest absolute Gasteiger partial charge is 0.119 e. The molecular formula is C20H28ClNO3. The van der Waals surface area contributed by atoms with E-state index in [1.807, 2.05) is 44.4 Å². The minimum Gasteiger partial charge on any atom is -0.497 e. The van der Waals surface area contributed by atoms with Gasteiger partial charge in [-0.05, 0) is 67.9 Å². The highest BCUT2D eigenvalue weighted by Gasteiger charge is 2.43. The Morgan fingerprint density at radius 1 is 1.16 bits per heavy atom. The lowest BCUT2D eigenvalue weighted by atomic mass is 9.70. The Hall–Kier alpha value is -1.33. The summed E-state index contributed by atoms with van der Waals surface area (Å²) >= 11 is 0. The van der Waals surface area contributed by atoms with Crippen LogP contribution in [0.2, 0.25) is 0 Å². The van der Waals surface area contributed by atoms with Gasteiger partial charge in [0.2, 0.25) is 0 Å². The highest BCUT2D eigenvalue weighted by molar-refractivity contribution is 5.85.